The van der Waals surface area contributed by atoms with E-state index in [0.717, 1.165) is 18.4 Å². The molecular weight excluding hydrogens is 398 g/mol. The third kappa shape index (κ3) is 7.11. The molecule has 2 N–H and O–H groups in total. The molecule has 0 saturated carbocycles. The molecule has 0 aromatic heterocycles. The molecule has 8 heteroatoms. The average molecular weight is 425 g/mol. The van der Waals surface area contributed by atoms with Crippen LogP contribution in [0.15, 0.2) is 53.6 Å². The zero-order valence-corrected chi connectivity index (χ0v) is 17.5. The van der Waals surface area contributed by atoms with E-state index in [4.69, 9.17) is 14.2 Å². The van der Waals surface area contributed by atoms with Crippen LogP contribution in [0.4, 0.5) is 0 Å². The predicted octanol–water partition coefficient (Wildman–Crippen LogP) is 2.41. The van der Waals surface area contributed by atoms with E-state index in [0.29, 0.717) is 43.4 Å². The second-order valence-electron chi connectivity index (χ2n) is 6.96. The highest BCUT2D eigenvalue weighted by atomic mass is 16.5. The zero-order valence-electron chi connectivity index (χ0n) is 17.5. The van der Waals surface area contributed by atoms with Gasteiger partial charge in [0, 0.05) is 13.2 Å². The first-order valence-electron chi connectivity index (χ1n) is 10.3. The first-order chi connectivity index (χ1) is 15.2. The molecule has 0 radical (unpaired) electrons. The van der Waals surface area contributed by atoms with Gasteiger partial charge in [-0.1, -0.05) is 30.3 Å². The van der Waals surface area contributed by atoms with Crippen LogP contribution in [0, 0.1) is 0 Å². The van der Waals surface area contributed by atoms with Gasteiger partial charge in [0.25, 0.3) is 0 Å². The largest absolute Gasteiger partial charge is 0.490 e. The van der Waals surface area contributed by atoms with Gasteiger partial charge in [0.05, 0.1) is 18.9 Å². The fraction of sp³-hybridized carbons (Fsp3) is 0.348. The minimum atomic E-state index is -0.831. The molecule has 1 heterocycles. The van der Waals surface area contributed by atoms with Crippen LogP contribution in [0.3, 0.4) is 0 Å². The number of hydrogen-bond acceptors (Lipinski definition) is 6. The number of rotatable bonds is 9. The third-order valence-corrected chi connectivity index (χ3v) is 4.60. The SMILES string of the molecule is CCOc1cc(/C=N\NC(=O)C(=O)NC[C@H]2CCCO2)ccc1OCc1ccccc1. The van der Waals surface area contributed by atoms with Crippen molar-refractivity contribution in [3.05, 3.63) is 59.7 Å². The summed E-state index contributed by atoms with van der Waals surface area (Å²) in [6.07, 6.45) is 3.26. The van der Waals surface area contributed by atoms with Gasteiger partial charge < -0.3 is 19.5 Å². The summed E-state index contributed by atoms with van der Waals surface area (Å²) >= 11 is 0. The first kappa shape index (κ1) is 22.3. The molecule has 8 nitrogen and oxygen atoms in total. The van der Waals surface area contributed by atoms with Crippen molar-refractivity contribution in [3.8, 4) is 11.5 Å². The Balaban J connectivity index is 1.52. The molecular formula is C23H27N3O5. The summed E-state index contributed by atoms with van der Waals surface area (Å²) in [5, 5.41) is 6.40. The number of carbonyl (C=O) groups excluding carboxylic acids is 2. The molecule has 3 rings (SSSR count). The van der Waals surface area contributed by atoms with Crippen molar-refractivity contribution < 1.29 is 23.8 Å². The molecule has 0 unspecified atom stereocenters. The van der Waals surface area contributed by atoms with Crippen LogP contribution < -0.4 is 20.2 Å². The van der Waals surface area contributed by atoms with E-state index in [9.17, 15) is 9.59 Å². The maximum atomic E-state index is 11.9. The van der Waals surface area contributed by atoms with Gasteiger partial charge in [-0.25, -0.2) is 5.43 Å². The molecule has 0 bridgehead atoms. The van der Waals surface area contributed by atoms with E-state index < -0.39 is 11.8 Å². The lowest BCUT2D eigenvalue weighted by Gasteiger charge is -2.12. The quantitative estimate of drug-likeness (QED) is 0.365. The van der Waals surface area contributed by atoms with Gasteiger partial charge in [0.1, 0.15) is 6.61 Å². The van der Waals surface area contributed by atoms with Gasteiger partial charge in [-0.05, 0) is 49.1 Å². The standard InChI is InChI=1S/C23H27N3O5/c1-2-29-21-13-18(10-11-20(21)31-16-17-7-4-3-5-8-17)14-25-26-23(28)22(27)24-15-19-9-6-12-30-19/h3-5,7-8,10-11,13-14,19H,2,6,9,12,15-16H2,1H3,(H,24,27)(H,26,28)/b25-14-/t19-/m1/s1. The highest BCUT2D eigenvalue weighted by Crippen LogP contribution is 2.28. The van der Waals surface area contributed by atoms with Crippen molar-refractivity contribution in [1.82, 2.24) is 10.7 Å². The summed E-state index contributed by atoms with van der Waals surface area (Å²) in [5.41, 5.74) is 3.97. The molecule has 1 aliphatic rings. The molecule has 1 saturated heterocycles. The number of benzene rings is 2. The molecule has 0 spiro atoms. The smallest absolute Gasteiger partial charge is 0.329 e. The van der Waals surface area contributed by atoms with Gasteiger partial charge in [-0.3, -0.25) is 9.59 Å². The summed E-state index contributed by atoms with van der Waals surface area (Å²) in [6.45, 7) is 3.79. The molecule has 1 atom stereocenters. The van der Waals surface area contributed by atoms with Gasteiger partial charge in [-0.15, -0.1) is 0 Å². The lowest BCUT2D eigenvalue weighted by molar-refractivity contribution is -0.139. The number of amides is 2. The second-order valence-corrected chi connectivity index (χ2v) is 6.96. The molecule has 1 aliphatic heterocycles. The highest BCUT2D eigenvalue weighted by Gasteiger charge is 2.19. The topological polar surface area (TPSA) is 98.2 Å². The van der Waals surface area contributed by atoms with Crippen LogP contribution in [-0.4, -0.2) is 43.9 Å². The van der Waals surface area contributed by atoms with Crippen LogP contribution in [0.2, 0.25) is 0 Å². The number of nitrogens with zero attached hydrogens (tertiary/aromatic N) is 1. The Bertz CT molecular complexity index is 895. The van der Waals surface area contributed by atoms with Crippen LogP contribution in [0.1, 0.15) is 30.9 Å². The van der Waals surface area contributed by atoms with Gasteiger partial charge in [0.15, 0.2) is 11.5 Å². The normalized spacial score (nSPS) is 15.6. The molecule has 31 heavy (non-hydrogen) atoms. The Hall–Kier alpha value is -3.39. The number of hydrazone groups is 1. The summed E-state index contributed by atoms with van der Waals surface area (Å²) < 4.78 is 16.9. The molecule has 2 amide bonds. The maximum Gasteiger partial charge on any atom is 0.329 e. The van der Waals surface area contributed by atoms with Gasteiger partial charge in [-0.2, -0.15) is 5.10 Å². The van der Waals surface area contributed by atoms with E-state index in [1.54, 1.807) is 18.2 Å². The highest BCUT2D eigenvalue weighted by molar-refractivity contribution is 6.35. The maximum absolute atomic E-state index is 11.9. The third-order valence-electron chi connectivity index (χ3n) is 4.60. The Morgan fingerprint density at radius 3 is 2.71 bits per heavy atom. The average Bonchev–Trinajstić information content (AvgIpc) is 3.31. The van der Waals surface area contributed by atoms with Gasteiger partial charge >= 0.3 is 11.8 Å². The Morgan fingerprint density at radius 1 is 1.13 bits per heavy atom. The van der Waals surface area contributed by atoms with E-state index >= 15 is 0 Å². The first-order valence-corrected chi connectivity index (χ1v) is 10.3. The molecule has 2 aromatic carbocycles. The van der Waals surface area contributed by atoms with Crippen molar-refractivity contribution in [1.29, 1.82) is 0 Å². The summed E-state index contributed by atoms with van der Waals surface area (Å²) in [5.74, 6) is -0.391. The van der Waals surface area contributed by atoms with E-state index in [2.05, 4.69) is 15.8 Å². The number of hydrogen-bond donors (Lipinski definition) is 2. The Morgan fingerprint density at radius 2 is 1.97 bits per heavy atom. The Labute approximate surface area is 181 Å². The van der Waals surface area contributed by atoms with Crippen molar-refractivity contribution >= 4 is 18.0 Å². The minimum absolute atomic E-state index is 0.0279. The minimum Gasteiger partial charge on any atom is -0.490 e. The number of nitrogens with one attached hydrogen (secondary N) is 2. The van der Waals surface area contributed by atoms with Crippen LogP contribution in [0.5, 0.6) is 11.5 Å². The van der Waals surface area contributed by atoms with Crippen molar-refractivity contribution in [2.75, 3.05) is 19.8 Å². The van der Waals surface area contributed by atoms with E-state index in [-0.39, 0.29) is 6.10 Å². The van der Waals surface area contributed by atoms with Crippen molar-refractivity contribution in [2.24, 2.45) is 5.10 Å². The van der Waals surface area contributed by atoms with Gasteiger partial charge in [0.2, 0.25) is 0 Å². The number of ether oxygens (including phenoxy) is 3. The molecule has 0 aliphatic carbocycles. The lowest BCUT2D eigenvalue weighted by atomic mass is 10.2. The monoisotopic (exact) mass is 425 g/mol. The predicted molar refractivity (Wildman–Crippen MR) is 116 cm³/mol. The molecule has 2 aromatic rings. The van der Waals surface area contributed by atoms with Crippen LogP contribution in [0.25, 0.3) is 0 Å². The summed E-state index contributed by atoms with van der Waals surface area (Å²) in [4.78, 5) is 23.7. The fourth-order valence-corrected chi connectivity index (χ4v) is 3.04. The van der Waals surface area contributed by atoms with E-state index in [1.807, 2.05) is 37.3 Å². The number of carbonyl (C=O) groups is 2. The fourth-order valence-electron chi connectivity index (χ4n) is 3.04. The van der Waals surface area contributed by atoms with Crippen molar-refractivity contribution in [3.63, 3.8) is 0 Å². The van der Waals surface area contributed by atoms with Crippen molar-refractivity contribution in [2.45, 2.75) is 32.5 Å². The lowest BCUT2D eigenvalue weighted by Crippen LogP contribution is -2.41. The molecule has 164 valence electrons. The van der Waals surface area contributed by atoms with E-state index in [1.165, 1.54) is 6.21 Å². The van der Waals surface area contributed by atoms with Crippen LogP contribution in [-0.2, 0) is 20.9 Å². The summed E-state index contributed by atoms with van der Waals surface area (Å²) in [6, 6.07) is 15.2. The zero-order chi connectivity index (χ0) is 21.9. The molecule has 1 fully saturated rings. The Kier molecular flexibility index (Phi) is 8.42. The van der Waals surface area contributed by atoms with Crippen LogP contribution >= 0.6 is 0 Å². The summed E-state index contributed by atoms with van der Waals surface area (Å²) in [7, 11) is 0. The second kappa shape index (κ2) is 11.7.